The first kappa shape index (κ1) is 12.8. The Bertz CT molecular complexity index is 266. The van der Waals surface area contributed by atoms with Crippen LogP contribution < -0.4 is 5.32 Å². The van der Waals surface area contributed by atoms with Crippen molar-refractivity contribution in [2.24, 2.45) is 0 Å². The first-order valence-electron chi connectivity index (χ1n) is 6.41. The van der Waals surface area contributed by atoms with Crippen molar-refractivity contribution in [3.63, 3.8) is 0 Å². The molecule has 0 aliphatic carbocycles. The predicted molar refractivity (Wildman–Crippen MR) is 63.6 cm³/mol. The number of nitrogens with one attached hydrogen (secondary N) is 1. The Hall–Kier alpha value is -0.650. The van der Waals surface area contributed by atoms with Gasteiger partial charge in [0.2, 0.25) is 5.91 Å². The zero-order valence-corrected chi connectivity index (χ0v) is 10.4. The predicted octanol–water partition coefficient (Wildman–Crippen LogP) is -0.263. The Labute approximate surface area is 102 Å². The molecule has 2 aliphatic rings. The van der Waals surface area contributed by atoms with Crippen LogP contribution in [-0.4, -0.2) is 60.9 Å². The van der Waals surface area contributed by atoms with Crippen LogP contribution in [0.1, 0.15) is 25.7 Å². The van der Waals surface area contributed by atoms with Crippen molar-refractivity contribution in [2.45, 2.75) is 43.8 Å². The molecule has 2 aliphatic heterocycles. The lowest BCUT2D eigenvalue weighted by molar-refractivity contribution is -0.127. The molecule has 0 aromatic carbocycles. The summed E-state index contributed by atoms with van der Waals surface area (Å²) in [6, 6.07) is 0.737. The summed E-state index contributed by atoms with van der Waals surface area (Å²) in [6.45, 7) is 1.64. The van der Waals surface area contributed by atoms with E-state index in [1.54, 1.807) is 7.11 Å². The highest BCUT2D eigenvalue weighted by molar-refractivity contribution is 5.80. The lowest BCUT2D eigenvalue weighted by Gasteiger charge is -2.26. The van der Waals surface area contributed by atoms with Crippen molar-refractivity contribution in [3.8, 4) is 0 Å². The molecule has 2 fully saturated rings. The van der Waals surface area contributed by atoms with Crippen LogP contribution in [0.5, 0.6) is 0 Å². The van der Waals surface area contributed by atoms with E-state index in [0.717, 1.165) is 19.4 Å². The van der Waals surface area contributed by atoms with Gasteiger partial charge >= 0.3 is 0 Å². The van der Waals surface area contributed by atoms with E-state index in [1.807, 2.05) is 4.90 Å². The Balaban J connectivity index is 1.91. The highest BCUT2D eigenvalue weighted by atomic mass is 16.5. The van der Waals surface area contributed by atoms with E-state index < -0.39 is 0 Å². The molecule has 1 amide bonds. The fourth-order valence-corrected chi connectivity index (χ4v) is 3.01. The Morgan fingerprint density at radius 1 is 1.65 bits per heavy atom. The van der Waals surface area contributed by atoms with E-state index in [-0.39, 0.29) is 24.6 Å². The third-order valence-electron chi connectivity index (χ3n) is 3.77. The van der Waals surface area contributed by atoms with Gasteiger partial charge in [-0.2, -0.15) is 0 Å². The number of amides is 1. The van der Waals surface area contributed by atoms with Crippen LogP contribution >= 0.6 is 0 Å². The van der Waals surface area contributed by atoms with Crippen LogP contribution in [-0.2, 0) is 9.53 Å². The average molecular weight is 242 g/mol. The maximum absolute atomic E-state index is 11.8. The van der Waals surface area contributed by atoms with Gasteiger partial charge in [0.15, 0.2) is 0 Å². The minimum Gasteiger partial charge on any atom is -0.396 e. The van der Waals surface area contributed by atoms with Crippen LogP contribution in [0.2, 0.25) is 0 Å². The number of hydrogen-bond donors (Lipinski definition) is 2. The molecule has 0 radical (unpaired) electrons. The summed E-state index contributed by atoms with van der Waals surface area (Å²) < 4.78 is 5.13. The van der Waals surface area contributed by atoms with Crippen LogP contribution in [0.4, 0.5) is 0 Å². The molecule has 5 heteroatoms. The minimum atomic E-state index is 0.142. The van der Waals surface area contributed by atoms with E-state index >= 15 is 0 Å². The summed E-state index contributed by atoms with van der Waals surface area (Å²) >= 11 is 0. The number of ether oxygens (including phenoxy) is 1. The molecule has 17 heavy (non-hydrogen) atoms. The number of carbonyl (C=O) groups is 1. The first-order valence-corrected chi connectivity index (χ1v) is 6.41. The molecule has 3 unspecified atom stereocenters. The van der Waals surface area contributed by atoms with Gasteiger partial charge in [0.05, 0.1) is 6.61 Å². The van der Waals surface area contributed by atoms with E-state index in [1.165, 1.54) is 0 Å². The van der Waals surface area contributed by atoms with Crippen LogP contribution in [0, 0.1) is 0 Å². The second-order valence-electron chi connectivity index (χ2n) is 4.94. The first-order chi connectivity index (χ1) is 8.26. The molecule has 0 aromatic heterocycles. The van der Waals surface area contributed by atoms with Gasteiger partial charge in [0.25, 0.3) is 0 Å². The lowest BCUT2D eigenvalue weighted by atomic mass is 10.0. The van der Waals surface area contributed by atoms with Gasteiger partial charge in [-0.25, -0.2) is 0 Å². The van der Waals surface area contributed by atoms with Crippen molar-refractivity contribution in [1.29, 1.82) is 0 Å². The van der Waals surface area contributed by atoms with E-state index in [2.05, 4.69) is 5.32 Å². The van der Waals surface area contributed by atoms with Crippen molar-refractivity contribution in [2.75, 3.05) is 26.9 Å². The van der Waals surface area contributed by atoms with Crippen LogP contribution in [0.3, 0.4) is 0 Å². The highest BCUT2D eigenvalue weighted by Gasteiger charge is 2.42. The zero-order valence-electron chi connectivity index (χ0n) is 10.4. The van der Waals surface area contributed by atoms with E-state index in [9.17, 15) is 4.79 Å². The molecule has 98 valence electrons. The van der Waals surface area contributed by atoms with Crippen molar-refractivity contribution < 1.29 is 14.6 Å². The topological polar surface area (TPSA) is 61.8 Å². The lowest BCUT2D eigenvalue weighted by Crippen LogP contribution is -2.46. The molecular weight excluding hydrogens is 220 g/mol. The third-order valence-corrected chi connectivity index (χ3v) is 3.77. The quantitative estimate of drug-likeness (QED) is 0.673. The SMILES string of the molecule is COCC(CCO)NC1CC(=O)N2CCCC12. The number of aliphatic hydroxyl groups is 1. The number of nitrogens with zero attached hydrogens (tertiary/aromatic N) is 1. The van der Waals surface area contributed by atoms with Crippen LogP contribution in [0.25, 0.3) is 0 Å². The molecular formula is C12H22N2O3. The fourth-order valence-electron chi connectivity index (χ4n) is 3.01. The summed E-state index contributed by atoms with van der Waals surface area (Å²) in [4.78, 5) is 13.8. The normalized spacial score (nSPS) is 29.8. The zero-order chi connectivity index (χ0) is 12.3. The summed E-state index contributed by atoms with van der Waals surface area (Å²) in [5, 5.41) is 12.5. The molecule has 0 bridgehead atoms. The van der Waals surface area contributed by atoms with E-state index in [4.69, 9.17) is 9.84 Å². The fraction of sp³-hybridized carbons (Fsp3) is 0.917. The second kappa shape index (κ2) is 5.80. The Kier molecular flexibility index (Phi) is 4.36. The number of fused-ring (bicyclic) bond motifs is 1. The van der Waals surface area contributed by atoms with Gasteiger partial charge < -0.3 is 20.1 Å². The van der Waals surface area contributed by atoms with E-state index in [0.29, 0.717) is 25.5 Å². The third kappa shape index (κ3) is 2.78. The summed E-state index contributed by atoms with van der Waals surface area (Å²) in [5.74, 6) is 0.269. The molecule has 5 nitrogen and oxygen atoms in total. The molecule has 3 atom stereocenters. The number of carbonyl (C=O) groups excluding carboxylic acids is 1. The molecule has 2 N–H and O–H groups in total. The van der Waals surface area contributed by atoms with Gasteiger partial charge in [0, 0.05) is 44.8 Å². The smallest absolute Gasteiger partial charge is 0.224 e. The Morgan fingerprint density at radius 3 is 3.18 bits per heavy atom. The highest BCUT2D eigenvalue weighted by Crippen LogP contribution is 2.29. The number of aliphatic hydroxyl groups excluding tert-OH is 1. The maximum Gasteiger partial charge on any atom is 0.224 e. The van der Waals surface area contributed by atoms with Gasteiger partial charge in [0.1, 0.15) is 0 Å². The number of hydrogen-bond acceptors (Lipinski definition) is 4. The monoisotopic (exact) mass is 242 g/mol. The summed E-state index contributed by atoms with van der Waals surface area (Å²) in [7, 11) is 1.66. The van der Waals surface area contributed by atoms with Gasteiger partial charge in [-0.1, -0.05) is 0 Å². The largest absolute Gasteiger partial charge is 0.396 e. The van der Waals surface area contributed by atoms with Crippen molar-refractivity contribution in [3.05, 3.63) is 0 Å². The minimum absolute atomic E-state index is 0.142. The molecule has 0 aromatic rings. The number of rotatable bonds is 6. The molecule has 0 saturated carbocycles. The summed E-state index contributed by atoms with van der Waals surface area (Å²) in [5.41, 5.74) is 0. The number of methoxy groups -OCH3 is 1. The second-order valence-corrected chi connectivity index (χ2v) is 4.94. The Morgan fingerprint density at radius 2 is 2.47 bits per heavy atom. The van der Waals surface area contributed by atoms with Gasteiger partial charge in [-0.15, -0.1) is 0 Å². The standard InChI is InChI=1S/C12H22N2O3/c1-17-8-9(4-6-15)13-10-7-12(16)14-5-2-3-11(10)14/h9-11,13,15H,2-8H2,1H3. The molecule has 2 saturated heterocycles. The summed E-state index contributed by atoms with van der Waals surface area (Å²) in [6.07, 6.45) is 3.48. The van der Waals surface area contributed by atoms with Gasteiger partial charge in [-0.05, 0) is 19.3 Å². The van der Waals surface area contributed by atoms with Crippen molar-refractivity contribution in [1.82, 2.24) is 10.2 Å². The maximum atomic E-state index is 11.8. The van der Waals surface area contributed by atoms with Crippen LogP contribution in [0.15, 0.2) is 0 Å². The molecule has 0 spiro atoms. The van der Waals surface area contributed by atoms with Gasteiger partial charge in [-0.3, -0.25) is 4.79 Å². The molecule has 2 rings (SSSR count). The van der Waals surface area contributed by atoms with Crippen molar-refractivity contribution >= 4 is 5.91 Å². The molecule has 2 heterocycles. The average Bonchev–Trinajstić information content (AvgIpc) is 2.86.